The Morgan fingerprint density at radius 1 is 0.667 bits per heavy atom. The normalized spacial score (nSPS) is 11.7. The molecule has 0 atom stereocenters. The van der Waals surface area contributed by atoms with Crippen molar-refractivity contribution in [2.45, 2.75) is 12.7 Å². The standard InChI is InChI=1S/C14H6BCl2F6O4/c16-9-3-1-7(5-11(9)24-13(18,19)20)26-15-27-8-2-4-10(17)12(6-8)25-14(21,22)23/h1-6H. The van der Waals surface area contributed by atoms with Crippen LogP contribution in [0.1, 0.15) is 0 Å². The highest BCUT2D eigenvalue weighted by Crippen LogP contribution is 2.34. The van der Waals surface area contributed by atoms with Crippen LogP contribution >= 0.6 is 23.2 Å². The van der Waals surface area contributed by atoms with Crippen molar-refractivity contribution in [1.82, 2.24) is 0 Å². The lowest BCUT2D eigenvalue weighted by Gasteiger charge is -2.13. The third-order valence-corrected chi connectivity index (χ3v) is 3.25. The van der Waals surface area contributed by atoms with Gasteiger partial charge in [0.2, 0.25) is 0 Å². The number of alkyl halides is 6. The van der Waals surface area contributed by atoms with Gasteiger partial charge in [0.1, 0.15) is 11.5 Å². The number of halogens is 8. The van der Waals surface area contributed by atoms with Gasteiger partial charge in [-0.15, -0.1) is 26.3 Å². The Morgan fingerprint density at radius 2 is 1.04 bits per heavy atom. The first-order valence-electron chi connectivity index (χ1n) is 6.68. The Labute approximate surface area is 158 Å². The number of hydrogen-bond acceptors (Lipinski definition) is 4. The average Bonchev–Trinajstić information content (AvgIpc) is 2.51. The van der Waals surface area contributed by atoms with E-state index in [1.807, 2.05) is 0 Å². The maximum atomic E-state index is 12.3. The van der Waals surface area contributed by atoms with Crippen molar-refractivity contribution < 1.29 is 45.1 Å². The van der Waals surface area contributed by atoms with Crippen LogP contribution in [0.4, 0.5) is 26.3 Å². The van der Waals surface area contributed by atoms with Gasteiger partial charge in [-0.1, -0.05) is 23.2 Å². The molecule has 0 aliphatic heterocycles. The van der Waals surface area contributed by atoms with E-state index < -0.39 is 24.2 Å². The van der Waals surface area contributed by atoms with Gasteiger partial charge < -0.3 is 18.8 Å². The molecule has 0 aliphatic rings. The Kier molecular flexibility index (Phi) is 6.48. The predicted molar refractivity (Wildman–Crippen MR) is 83.3 cm³/mol. The molecule has 0 N–H and O–H groups in total. The minimum absolute atomic E-state index is 0.139. The molecule has 2 aromatic carbocycles. The van der Waals surface area contributed by atoms with Gasteiger partial charge in [-0.3, -0.25) is 0 Å². The molecular formula is C14H6BCl2F6O4. The van der Waals surface area contributed by atoms with Gasteiger partial charge in [0.15, 0.2) is 11.5 Å². The molecule has 0 saturated heterocycles. The summed E-state index contributed by atoms with van der Waals surface area (Å²) in [5.74, 6) is -1.69. The minimum atomic E-state index is -4.96. The maximum absolute atomic E-state index is 12.3. The van der Waals surface area contributed by atoms with Gasteiger partial charge in [0.25, 0.3) is 0 Å². The monoisotopic (exact) mass is 433 g/mol. The predicted octanol–water partition coefficient (Wildman–Crippen LogP) is 5.78. The zero-order valence-corrected chi connectivity index (χ0v) is 14.2. The summed E-state index contributed by atoms with van der Waals surface area (Å²) in [5.41, 5.74) is 0. The Balaban J connectivity index is 2.00. The van der Waals surface area contributed by atoms with Crippen LogP contribution in [0.15, 0.2) is 36.4 Å². The van der Waals surface area contributed by atoms with Crippen molar-refractivity contribution in [2.24, 2.45) is 0 Å². The quantitative estimate of drug-likeness (QED) is 0.427. The van der Waals surface area contributed by atoms with Crippen LogP contribution in [0.5, 0.6) is 23.0 Å². The van der Waals surface area contributed by atoms with Gasteiger partial charge >= 0.3 is 20.4 Å². The van der Waals surface area contributed by atoms with E-state index in [9.17, 15) is 26.3 Å². The molecule has 2 rings (SSSR count). The van der Waals surface area contributed by atoms with Crippen molar-refractivity contribution in [3.8, 4) is 23.0 Å². The fraction of sp³-hybridized carbons (Fsp3) is 0.143. The van der Waals surface area contributed by atoms with Crippen molar-refractivity contribution in [3.05, 3.63) is 46.4 Å². The van der Waals surface area contributed by atoms with Crippen molar-refractivity contribution in [2.75, 3.05) is 0 Å². The van der Waals surface area contributed by atoms with E-state index >= 15 is 0 Å². The van der Waals surface area contributed by atoms with Crippen LogP contribution in [-0.4, -0.2) is 20.4 Å². The SMILES string of the molecule is FC(F)(F)Oc1cc(O[B]Oc2ccc(Cl)c(OC(F)(F)F)c2)ccc1Cl. The fourth-order valence-corrected chi connectivity index (χ4v) is 1.97. The zero-order valence-electron chi connectivity index (χ0n) is 12.7. The van der Waals surface area contributed by atoms with Gasteiger partial charge in [0, 0.05) is 12.1 Å². The second-order valence-corrected chi connectivity index (χ2v) is 5.43. The summed E-state index contributed by atoms with van der Waals surface area (Å²) in [6.07, 6.45) is -9.92. The molecule has 0 heterocycles. The zero-order chi connectivity index (χ0) is 20.2. The lowest BCUT2D eigenvalue weighted by Crippen LogP contribution is -2.18. The van der Waals surface area contributed by atoms with Gasteiger partial charge in [-0.25, -0.2) is 0 Å². The lowest BCUT2D eigenvalue weighted by atomic mass is 10.2. The lowest BCUT2D eigenvalue weighted by molar-refractivity contribution is -0.275. The Bertz CT molecular complexity index is 735. The van der Waals surface area contributed by atoms with Crippen molar-refractivity contribution in [1.29, 1.82) is 0 Å². The van der Waals surface area contributed by atoms with Crippen LogP contribution < -0.4 is 18.8 Å². The molecule has 13 heteroatoms. The molecule has 0 aromatic heterocycles. The summed E-state index contributed by atoms with van der Waals surface area (Å²) in [6.45, 7) is 0. The summed E-state index contributed by atoms with van der Waals surface area (Å²) in [4.78, 5) is 0. The van der Waals surface area contributed by atoms with Gasteiger partial charge in [0.05, 0.1) is 10.0 Å². The first-order valence-corrected chi connectivity index (χ1v) is 7.44. The largest absolute Gasteiger partial charge is 0.658 e. The molecule has 0 saturated carbocycles. The van der Waals surface area contributed by atoms with Crippen LogP contribution in [0.25, 0.3) is 0 Å². The summed E-state index contributed by atoms with van der Waals surface area (Å²) < 4.78 is 90.8. The van der Waals surface area contributed by atoms with Gasteiger partial charge in [-0.05, 0) is 24.3 Å². The highest BCUT2D eigenvalue weighted by molar-refractivity contribution is 6.32. The second-order valence-electron chi connectivity index (χ2n) is 4.61. The molecule has 0 unspecified atom stereocenters. The van der Waals surface area contributed by atoms with E-state index in [-0.39, 0.29) is 21.5 Å². The van der Waals surface area contributed by atoms with E-state index in [4.69, 9.17) is 32.5 Å². The second kappa shape index (κ2) is 8.26. The molecule has 0 aliphatic carbocycles. The van der Waals surface area contributed by atoms with Crippen LogP contribution in [0.2, 0.25) is 10.0 Å². The average molecular weight is 434 g/mol. The highest BCUT2D eigenvalue weighted by atomic mass is 35.5. The summed E-state index contributed by atoms with van der Waals surface area (Å²) in [6, 6.07) is 6.29. The van der Waals surface area contributed by atoms with E-state index in [1.165, 1.54) is 12.1 Å². The fourth-order valence-electron chi connectivity index (χ4n) is 1.65. The number of ether oxygens (including phenoxy) is 2. The van der Waals surface area contributed by atoms with E-state index in [0.29, 0.717) is 7.69 Å². The molecule has 0 fully saturated rings. The smallest absolute Gasteiger partial charge is 0.526 e. The molecule has 0 amide bonds. The summed E-state index contributed by atoms with van der Waals surface area (Å²) in [7, 11) is 0.668. The molecule has 1 radical (unpaired) electrons. The van der Waals surface area contributed by atoms with Crippen molar-refractivity contribution in [3.63, 3.8) is 0 Å². The van der Waals surface area contributed by atoms with Crippen LogP contribution in [-0.2, 0) is 0 Å². The molecule has 4 nitrogen and oxygen atoms in total. The third kappa shape index (κ3) is 7.18. The molecule has 27 heavy (non-hydrogen) atoms. The highest BCUT2D eigenvalue weighted by Gasteiger charge is 2.33. The molecule has 0 spiro atoms. The Morgan fingerprint density at radius 3 is 1.37 bits per heavy atom. The number of rotatable bonds is 6. The maximum Gasteiger partial charge on any atom is 0.658 e. The molecular weight excluding hydrogens is 428 g/mol. The van der Waals surface area contributed by atoms with E-state index in [0.717, 1.165) is 24.3 Å². The van der Waals surface area contributed by atoms with Gasteiger partial charge in [-0.2, -0.15) is 0 Å². The van der Waals surface area contributed by atoms with E-state index in [2.05, 4.69) is 9.47 Å². The molecule has 145 valence electrons. The number of benzene rings is 2. The number of hydrogen-bond donors (Lipinski definition) is 0. The molecule has 2 aromatic rings. The third-order valence-electron chi connectivity index (χ3n) is 2.63. The van der Waals surface area contributed by atoms with Crippen LogP contribution in [0.3, 0.4) is 0 Å². The Hall–Kier alpha value is -2.14. The minimum Gasteiger partial charge on any atom is -0.526 e. The van der Waals surface area contributed by atoms with Crippen LogP contribution in [0, 0.1) is 0 Å². The topological polar surface area (TPSA) is 36.9 Å². The van der Waals surface area contributed by atoms with E-state index in [1.54, 1.807) is 0 Å². The summed E-state index contributed by atoms with van der Waals surface area (Å²) >= 11 is 11.2. The first kappa shape index (κ1) is 21.2. The summed E-state index contributed by atoms with van der Waals surface area (Å²) in [5, 5.41) is -0.625. The molecule has 0 bridgehead atoms. The van der Waals surface area contributed by atoms with Crippen molar-refractivity contribution >= 4 is 30.9 Å². The first-order chi connectivity index (χ1) is 12.4.